The molecule has 3 nitrogen and oxygen atoms in total. The topological polar surface area (TPSA) is 43.8 Å². The lowest BCUT2D eigenvalue weighted by atomic mass is 10.0. The number of aromatic nitrogens is 2. The minimum atomic E-state index is -0.466. The lowest BCUT2D eigenvalue weighted by Gasteiger charge is -2.14. The second-order valence-electron chi connectivity index (χ2n) is 4.85. The first kappa shape index (κ1) is 16.5. The van der Waals surface area contributed by atoms with Crippen molar-refractivity contribution in [1.29, 1.82) is 0 Å². The van der Waals surface area contributed by atoms with Gasteiger partial charge in [0.2, 0.25) is 0 Å². The Bertz CT molecular complexity index is 642. The van der Waals surface area contributed by atoms with E-state index < -0.39 is 6.04 Å². The first-order valence-corrected chi connectivity index (χ1v) is 8.09. The van der Waals surface area contributed by atoms with E-state index in [-0.39, 0.29) is 5.82 Å². The highest BCUT2D eigenvalue weighted by molar-refractivity contribution is 9.10. The molecule has 1 unspecified atom stereocenters. The second kappa shape index (κ2) is 6.90. The van der Waals surface area contributed by atoms with Crippen LogP contribution in [0.2, 0.25) is 5.02 Å². The lowest BCUT2D eigenvalue weighted by Crippen LogP contribution is -2.17. The van der Waals surface area contributed by atoms with Gasteiger partial charge in [-0.2, -0.15) is 5.10 Å². The van der Waals surface area contributed by atoms with Crippen LogP contribution in [0.1, 0.15) is 36.8 Å². The highest BCUT2D eigenvalue weighted by Crippen LogP contribution is 2.28. The smallest absolute Gasteiger partial charge is 0.128 e. The van der Waals surface area contributed by atoms with Gasteiger partial charge in [0, 0.05) is 29.6 Å². The summed E-state index contributed by atoms with van der Waals surface area (Å²) in [6.45, 7) is 4.82. The molecule has 0 amide bonds. The number of rotatable bonds is 5. The third-order valence-corrected chi connectivity index (χ3v) is 4.62. The Labute approximate surface area is 137 Å². The van der Waals surface area contributed by atoms with Gasteiger partial charge in [-0.25, -0.2) is 4.39 Å². The number of nitrogens with two attached hydrogens (primary N) is 1. The molecule has 0 radical (unpaired) electrons. The van der Waals surface area contributed by atoms with Crippen LogP contribution in [-0.2, 0) is 19.4 Å². The van der Waals surface area contributed by atoms with Crippen molar-refractivity contribution in [3.8, 4) is 0 Å². The van der Waals surface area contributed by atoms with E-state index in [0.29, 0.717) is 17.0 Å². The summed E-state index contributed by atoms with van der Waals surface area (Å²) in [6.07, 6.45) is 1.33. The van der Waals surface area contributed by atoms with Crippen LogP contribution in [-0.4, -0.2) is 9.78 Å². The summed E-state index contributed by atoms with van der Waals surface area (Å²) in [5.74, 6) is -0.332. The molecule has 0 fully saturated rings. The summed E-state index contributed by atoms with van der Waals surface area (Å²) in [4.78, 5) is 0. The van der Waals surface area contributed by atoms with Gasteiger partial charge in [0.15, 0.2) is 0 Å². The van der Waals surface area contributed by atoms with Crippen molar-refractivity contribution in [2.24, 2.45) is 5.73 Å². The van der Waals surface area contributed by atoms with Crippen LogP contribution < -0.4 is 5.73 Å². The molecule has 0 spiro atoms. The van der Waals surface area contributed by atoms with E-state index in [1.165, 1.54) is 12.1 Å². The molecule has 1 heterocycles. The van der Waals surface area contributed by atoms with Gasteiger partial charge in [-0.3, -0.25) is 4.68 Å². The third-order valence-electron chi connectivity index (χ3n) is 3.46. The molecule has 114 valence electrons. The SMILES string of the molecule is CCc1nn(CC)c(CC(N)c2cc(Cl)ccc2F)c1Br. The van der Waals surface area contributed by atoms with Gasteiger partial charge in [0.05, 0.1) is 15.9 Å². The molecule has 2 aromatic rings. The minimum absolute atomic E-state index is 0.332. The molecule has 6 heteroatoms. The molecule has 21 heavy (non-hydrogen) atoms. The van der Waals surface area contributed by atoms with Crippen LogP contribution in [0.15, 0.2) is 22.7 Å². The zero-order valence-electron chi connectivity index (χ0n) is 12.0. The minimum Gasteiger partial charge on any atom is -0.324 e. The fourth-order valence-electron chi connectivity index (χ4n) is 2.33. The quantitative estimate of drug-likeness (QED) is 0.849. The summed E-state index contributed by atoms with van der Waals surface area (Å²) >= 11 is 9.51. The molecule has 0 saturated carbocycles. The number of halogens is 3. The lowest BCUT2D eigenvalue weighted by molar-refractivity contribution is 0.554. The molecule has 0 aliphatic carbocycles. The molecule has 1 aromatic heterocycles. The summed E-state index contributed by atoms with van der Waals surface area (Å²) < 4.78 is 16.8. The number of aryl methyl sites for hydroxylation is 2. The van der Waals surface area contributed by atoms with Gasteiger partial charge in [0.1, 0.15) is 5.82 Å². The highest BCUT2D eigenvalue weighted by Gasteiger charge is 2.19. The Hall–Kier alpha value is -0.910. The van der Waals surface area contributed by atoms with Crippen molar-refractivity contribution in [3.63, 3.8) is 0 Å². The standard InChI is InChI=1S/C15H18BrClFN3/c1-3-13-15(16)14(21(4-2)20-13)8-12(19)10-7-9(17)5-6-11(10)18/h5-7,12H,3-4,8,19H2,1-2H3. The van der Waals surface area contributed by atoms with Crippen LogP contribution in [0.4, 0.5) is 4.39 Å². The van der Waals surface area contributed by atoms with Crippen LogP contribution >= 0.6 is 27.5 Å². The maximum absolute atomic E-state index is 13.9. The van der Waals surface area contributed by atoms with Crippen LogP contribution in [0.5, 0.6) is 0 Å². The summed E-state index contributed by atoms with van der Waals surface area (Å²) in [7, 11) is 0. The van der Waals surface area contributed by atoms with Crippen LogP contribution in [0, 0.1) is 5.82 Å². The van der Waals surface area contributed by atoms with E-state index in [4.69, 9.17) is 17.3 Å². The number of nitrogens with zero attached hydrogens (tertiary/aromatic N) is 2. The van der Waals surface area contributed by atoms with Gasteiger partial charge in [-0.1, -0.05) is 18.5 Å². The van der Waals surface area contributed by atoms with Crippen molar-refractivity contribution < 1.29 is 4.39 Å². The van der Waals surface area contributed by atoms with Crippen molar-refractivity contribution >= 4 is 27.5 Å². The predicted molar refractivity (Wildman–Crippen MR) is 87.0 cm³/mol. The van der Waals surface area contributed by atoms with Crippen molar-refractivity contribution in [2.45, 2.75) is 39.3 Å². The normalized spacial score (nSPS) is 12.7. The molecule has 2 N–H and O–H groups in total. The number of benzene rings is 1. The van der Waals surface area contributed by atoms with Gasteiger partial charge in [-0.15, -0.1) is 0 Å². The van der Waals surface area contributed by atoms with E-state index >= 15 is 0 Å². The Balaban J connectivity index is 2.33. The van der Waals surface area contributed by atoms with Crippen LogP contribution in [0.3, 0.4) is 0 Å². The van der Waals surface area contributed by atoms with Gasteiger partial charge < -0.3 is 5.73 Å². The number of hydrogen-bond acceptors (Lipinski definition) is 2. The Kier molecular flexibility index (Phi) is 5.41. The second-order valence-corrected chi connectivity index (χ2v) is 6.08. The molecule has 0 saturated heterocycles. The third kappa shape index (κ3) is 3.47. The largest absolute Gasteiger partial charge is 0.324 e. The molecular formula is C15H18BrClFN3. The van der Waals surface area contributed by atoms with Gasteiger partial charge in [-0.05, 0) is 47.5 Å². The Morgan fingerprint density at radius 3 is 2.76 bits per heavy atom. The van der Waals surface area contributed by atoms with E-state index in [0.717, 1.165) is 28.8 Å². The summed E-state index contributed by atoms with van der Waals surface area (Å²) in [6, 6.07) is 3.99. The molecule has 0 aliphatic rings. The van der Waals surface area contributed by atoms with E-state index in [1.807, 2.05) is 18.5 Å². The maximum atomic E-state index is 13.9. The molecular weight excluding hydrogens is 357 g/mol. The first-order chi connectivity index (χ1) is 9.97. The zero-order valence-corrected chi connectivity index (χ0v) is 14.4. The van der Waals surface area contributed by atoms with Gasteiger partial charge >= 0.3 is 0 Å². The van der Waals surface area contributed by atoms with Crippen LogP contribution in [0.25, 0.3) is 0 Å². The number of hydrogen-bond donors (Lipinski definition) is 1. The molecule has 0 bridgehead atoms. The fraction of sp³-hybridized carbons (Fsp3) is 0.400. The molecule has 2 rings (SSSR count). The maximum Gasteiger partial charge on any atom is 0.128 e. The van der Waals surface area contributed by atoms with E-state index in [2.05, 4.69) is 21.0 Å². The zero-order chi connectivity index (χ0) is 15.6. The van der Waals surface area contributed by atoms with Crippen molar-refractivity contribution in [3.05, 3.63) is 50.5 Å². The molecule has 0 aliphatic heterocycles. The van der Waals surface area contributed by atoms with E-state index in [1.54, 1.807) is 6.07 Å². The molecule has 1 atom stereocenters. The fourth-order valence-corrected chi connectivity index (χ4v) is 3.24. The average molecular weight is 375 g/mol. The monoisotopic (exact) mass is 373 g/mol. The van der Waals surface area contributed by atoms with E-state index in [9.17, 15) is 4.39 Å². The first-order valence-electron chi connectivity index (χ1n) is 6.92. The van der Waals surface area contributed by atoms with Crippen molar-refractivity contribution in [2.75, 3.05) is 0 Å². The highest BCUT2D eigenvalue weighted by atomic mass is 79.9. The van der Waals surface area contributed by atoms with Gasteiger partial charge in [0.25, 0.3) is 0 Å². The summed E-state index contributed by atoms with van der Waals surface area (Å²) in [5.41, 5.74) is 8.59. The van der Waals surface area contributed by atoms with Crippen molar-refractivity contribution in [1.82, 2.24) is 9.78 Å². The average Bonchev–Trinajstić information content (AvgIpc) is 2.77. The Morgan fingerprint density at radius 2 is 2.14 bits per heavy atom. The summed E-state index contributed by atoms with van der Waals surface area (Å²) in [5, 5.41) is 5.01. The Morgan fingerprint density at radius 1 is 1.43 bits per heavy atom. The predicted octanol–water partition coefficient (Wildman–Crippen LogP) is 4.26. The molecule has 1 aromatic carbocycles.